The van der Waals surface area contributed by atoms with Crippen molar-refractivity contribution in [1.29, 1.82) is 0 Å². The summed E-state index contributed by atoms with van der Waals surface area (Å²) in [6, 6.07) is 5.45. The Morgan fingerprint density at radius 2 is 1.89 bits per heavy atom. The highest BCUT2D eigenvalue weighted by Gasteiger charge is 2.42. The fourth-order valence-electron chi connectivity index (χ4n) is 4.64. The second kappa shape index (κ2) is 12.4. The molecular weight excluding hydrogens is 510 g/mol. The van der Waals surface area contributed by atoms with Gasteiger partial charge in [0, 0.05) is 56.5 Å². The van der Waals surface area contributed by atoms with Crippen LogP contribution in [-0.2, 0) is 20.7 Å². The second-order valence-electron chi connectivity index (χ2n) is 10.6. The van der Waals surface area contributed by atoms with E-state index in [0.29, 0.717) is 55.1 Å². The fraction of sp³-hybridized carbons (Fsp3) is 0.630. The molecule has 3 heterocycles. The number of ether oxygens (including phenoxy) is 2. The number of amides is 2. The maximum absolute atomic E-state index is 13.4. The van der Waals surface area contributed by atoms with Gasteiger partial charge in [-0.2, -0.15) is 4.98 Å². The number of carbonyl (C=O) groups excluding carboxylic acids is 2. The lowest BCUT2D eigenvalue weighted by Gasteiger charge is -2.43. The molecule has 2 saturated heterocycles. The molecule has 0 unspecified atom stereocenters. The average molecular weight is 548 g/mol. The molecule has 10 nitrogen and oxygen atoms in total. The summed E-state index contributed by atoms with van der Waals surface area (Å²) in [5.74, 6) is 1.85. The number of rotatable bonds is 9. The van der Waals surface area contributed by atoms with Gasteiger partial charge in [0.05, 0.1) is 19.6 Å². The third-order valence-corrected chi connectivity index (χ3v) is 7.54. The predicted octanol–water partition coefficient (Wildman–Crippen LogP) is 2.93. The van der Waals surface area contributed by atoms with Gasteiger partial charge in [0.1, 0.15) is 18.0 Å². The van der Waals surface area contributed by atoms with Gasteiger partial charge in [-0.3, -0.25) is 9.59 Å². The highest BCUT2D eigenvalue weighted by molar-refractivity contribution is 6.31. The van der Waals surface area contributed by atoms with E-state index in [1.165, 1.54) is 0 Å². The maximum atomic E-state index is 13.4. The van der Waals surface area contributed by atoms with Gasteiger partial charge in [-0.1, -0.05) is 30.6 Å². The molecule has 2 fully saturated rings. The number of halogens is 1. The standard InChI is InChI=1S/C27H38ClN5O5/c1-19(2)26-29-23(38-30-26)7-8-24(34)33-13-14-37-27(17-33,16-25(35)32-11-9-31(4)10-12-32)18-36-21-5-6-22(28)20(3)15-21/h5-6,15,19H,7-14,16-18H2,1-4H3/t27-/m0/s1. The second-order valence-corrected chi connectivity index (χ2v) is 11.0. The summed E-state index contributed by atoms with van der Waals surface area (Å²) in [5, 5.41) is 4.63. The van der Waals surface area contributed by atoms with E-state index in [1.807, 2.05) is 31.7 Å². The van der Waals surface area contributed by atoms with Crippen LogP contribution in [0.3, 0.4) is 0 Å². The van der Waals surface area contributed by atoms with Crippen LogP contribution in [0.4, 0.5) is 0 Å². The Morgan fingerprint density at radius 3 is 2.58 bits per heavy atom. The van der Waals surface area contributed by atoms with Gasteiger partial charge >= 0.3 is 0 Å². The summed E-state index contributed by atoms with van der Waals surface area (Å²) >= 11 is 6.17. The predicted molar refractivity (Wildman–Crippen MR) is 142 cm³/mol. The summed E-state index contributed by atoms with van der Waals surface area (Å²) in [6.45, 7) is 10.1. The van der Waals surface area contributed by atoms with Gasteiger partial charge in [-0.05, 0) is 37.7 Å². The van der Waals surface area contributed by atoms with Crippen molar-refractivity contribution in [3.05, 3.63) is 40.5 Å². The highest BCUT2D eigenvalue weighted by atomic mass is 35.5. The summed E-state index contributed by atoms with van der Waals surface area (Å²) in [7, 11) is 2.05. The van der Waals surface area contributed by atoms with Crippen molar-refractivity contribution in [2.75, 3.05) is 59.5 Å². The Labute approximate surface area is 229 Å². The first kappa shape index (κ1) is 28.3. The Bertz CT molecular complexity index is 1120. The number of nitrogens with zero attached hydrogens (tertiary/aromatic N) is 5. The molecule has 0 radical (unpaired) electrons. The van der Waals surface area contributed by atoms with E-state index >= 15 is 0 Å². The Morgan fingerprint density at radius 1 is 1.13 bits per heavy atom. The van der Waals surface area contributed by atoms with Gasteiger partial charge in [-0.25, -0.2) is 0 Å². The van der Waals surface area contributed by atoms with Crippen LogP contribution in [0.25, 0.3) is 0 Å². The molecule has 1 aromatic carbocycles. The third-order valence-electron chi connectivity index (χ3n) is 7.11. The van der Waals surface area contributed by atoms with Crippen molar-refractivity contribution >= 4 is 23.4 Å². The van der Waals surface area contributed by atoms with E-state index in [4.69, 9.17) is 25.6 Å². The first-order valence-corrected chi connectivity index (χ1v) is 13.6. The van der Waals surface area contributed by atoms with Crippen LogP contribution in [0.2, 0.25) is 5.02 Å². The number of hydrogen-bond donors (Lipinski definition) is 0. The molecule has 0 N–H and O–H groups in total. The van der Waals surface area contributed by atoms with Gasteiger partial charge in [-0.15, -0.1) is 0 Å². The summed E-state index contributed by atoms with van der Waals surface area (Å²) in [5.41, 5.74) is -0.0632. The minimum Gasteiger partial charge on any atom is -0.490 e. The molecule has 0 spiro atoms. The molecule has 208 valence electrons. The molecular formula is C27H38ClN5O5. The molecule has 38 heavy (non-hydrogen) atoms. The monoisotopic (exact) mass is 547 g/mol. The van der Waals surface area contributed by atoms with Gasteiger partial charge in [0.2, 0.25) is 17.7 Å². The zero-order valence-corrected chi connectivity index (χ0v) is 23.5. The molecule has 4 rings (SSSR count). The van der Waals surface area contributed by atoms with Crippen LogP contribution in [0.15, 0.2) is 22.7 Å². The topological polar surface area (TPSA) is 101 Å². The fourth-order valence-corrected chi connectivity index (χ4v) is 4.76. The summed E-state index contributed by atoms with van der Waals surface area (Å²) in [6.07, 6.45) is 0.734. The number of benzene rings is 1. The van der Waals surface area contributed by atoms with Crippen LogP contribution in [0.5, 0.6) is 5.75 Å². The molecule has 0 bridgehead atoms. The zero-order chi connectivity index (χ0) is 27.3. The lowest BCUT2D eigenvalue weighted by molar-refractivity contribution is -0.166. The lowest BCUT2D eigenvalue weighted by atomic mass is 9.96. The number of piperazine rings is 1. The van der Waals surface area contributed by atoms with Crippen LogP contribution in [0, 0.1) is 6.92 Å². The summed E-state index contributed by atoms with van der Waals surface area (Å²) in [4.78, 5) is 36.8. The van der Waals surface area contributed by atoms with E-state index in [2.05, 4.69) is 22.1 Å². The van der Waals surface area contributed by atoms with E-state index in [0.717, 1.165) is 18.7 Å². The minimum atomic E-state index is -0.961. The first-order valence-electron chi connectivity index (χ1n) is 13.2. The van der Waals surface area contributed by atoms with Gasteiger partial charge in [0.25, 0.3) is 0 Å². The Balaban J connectivity index is 1.44. The smallest absolute Gasteiger partial charge is 0.227 e. The van der Waals surface area contributed by atoms with E-state index in [1.54, 1.807) is 17.0 Å². The Kier molecular flexibility index (Phi) is 9.27. The van der Waals surface area contributed by atoms with Gasteiger partial charge in [0.15, 0.2) is 5.82 Å². The number of aryl methyl sites for hydroxylation is 2. The van der Waals surface area contributed by atoms with Crippen molar-refractivity contribution in [2.24, 2.45) is 0 Å². The lowest BCUT2D eigenvalue weighted by Crippen LogP contribution is -2.59. The SMILES string of the molecule is Cc1cc(OC[C@]2(CC(=O)N3CCN(C)CC3)CN(C(=O)CCc3nc(C(C)C)no3)CCO2)ccc1Cl. The zero-order valence-electron chi connectivity index (χ0n) is 22.7. The average Bonchev–Trinajstić information content (AvgIpc) is 3.38. The van der Waals surface area contributed by atoms with E-state index in [-0.39, 0.29) is 43.7 Å². The van der Waals surface area contributed by atoms with Crippen molar-refractivity contribution in [1.82, 2.24) is 24.8 Å². The molecule has 0 aliphatic carbocycles. The maximum Gasteiger partial charge on any atom is 0.227 e. The summed E-state index contributed by atoms with van der Waals surface area (Å²) < 4.78 is 17.7. The van der Waals surface area contributed by atoms with Crippen LogP contribution in [0.1, 0.15) is 49.9 Å². The molecule has 2 aliphatic rings. The quantitative estimate of drug-likeness (QED) is 0.472. The number of likely N-dealkylation sites (N-methyl/N-ethyl adjacent to an activating group) is 1. The van der Waals surface area contributed by atoms with Crippen molar-refractivity contribution in [3.63, 3.8) is 0 Å². The molecule has 1 atom stereocenters. The molecule has 2 aromatic rings. The number of aromatic nitrogens is 2. The number of carbonyl (C=O) groups is 2. The van der Waals surface area contributed by atoms with Gasteiger partial charge < -0.3 is 28.7 Å². The van der Waals surface area contributed by atoms with Crippen molar-refractivity contribution in [2.45, 2.75) is 51.6 Å². The largest absolute Gasteiger partial charge is 0.490 e. The first-order chi connectivity index (χ1) is 18.1. The molecule has 0 saturated carbocycles. The minimum absolute atomic E-state index is 0.00959. The van der Waals surface area contributed by atoms with E-state index < -0.39 is 5.60 Å². The Hall–Kier alpha value is -2.69. The normalized spacial score (nSPS) is 20.7. The number of hydrogen-bond acceptors (Lipinski definition) is 8. The highest BCUT2D eigenvalue weighted by Crippen LogP contribution is 2.28. The van der Waals surface area contributed by atoms with Crippen molar-refractivity contribution in [3.8, 4) is 5.75 Å². The van der Waals surface area contributed by atoms with Crippen LogP contribution < -0.4 is 4.74 Å². The van der Waals surface area contributed by atoms with E-state index in [9.17, 15) is 9.59 Å². The van der Waals surface area contributed by atoms with Crippen LogP contribution in [-0.4, -0.2) is 102 Å². The van der Waals surface area contributed by atoms with Crippen molar-refractivity contribution < 1.29 is 23.6 Å². The molecule has 2 amide bonds. The molecule has 11 heteroatoms. The third kappa shape index (κ3) is 7.24. The molecule has 2 aliphatic heterocycles. The molecule has 1 aromatic heterocycles. The number of morpholine rings is 1. The van der Waals surface area contributed by atoms with Crippen LogP contribution >= 0.6 is 11.6 Å².